The molecule has 0 fully saturated rings. The van der Waals surface area contributed by atoms with Gasteiger partial charge in [0.2, 0.25) is 0 Å². The Morgan fingerprint density at radius 1 is 1.50 bits per heavy atom. The zero-order chi connectivity index (χ0) is 9.56. The summed E-state index contributed by atoms with van der Waals surface area (Å²) in [5.74, 6) is 0.549. The van der Waals surface area contributed by atoms with E-state index >= 15 is 0 Å². The van der Waals surface area contributed by atoms with E-state index in [1.807, 2.05) is 0 Å². The van der Waals surface area contributed by atoms with Gasteiger partial charge in [0.1, 0.15) is 0 Å². The zero-order valence-corrected chi connectivity index (χ0v) is 8.13. The molecule has 0 aliphatic heterocycles. The van der Waals surface area contributed by atoms with E-state index in [2.05, 4.69) is 26.1 Å². The summed E-state index contributed by atoms with van der Waals surface area (Å²) >= 11 is 0. The Kier molecular flexibility index (Phi) is 5.51. The lowest BCUT2D eigenvalue weighted by molar-refractivity contribution is 0.187. The molecule has 0 saturated carbocycles. The van der Waals surface area contributed by atoms with Crippen LogP contribution in [0.2, 0.25) is 0 Å². The van der Waals surface area contributed by atoms with Crippen molar-refractivity contribution in [3.05, 3.63) is 0 Å². The zero-order valence-electron chi connectivity index (χ0n) is 8.13. The Hall–Kier alpha value is -0.730. The maximum absolute atomic E-state index is 10.4. The van der Waals surface area contributed by atoms with Gasteiger partial charge in [-0.1, -0.05) is 27.2 Å². The van der Waals surface area contributed by atoms with Crippen molar-refractivity contribution in [3.8, 4) is 0 Å². The van der Waals surface area contributed by atoms with Crippen LogP contribution in [0, 0.1) is 5.92 Å². The summed E-state index contributed by atoms with van der Waals surface area (Å²) in [5.41, 5.74) is 0. The molecule has 0 aromatic rings. The quantitative estimate of drug-likeness (QED) is 0.671. The van der Waals surface area contributed by atoms with Crippen molar-refractivity contribution in [1.29, 1.82) is 0 Å². The Labute approximate surface area is 74.2 Å². The fourth-order valence-corrected chi connectivity index (χ4v) is 1.34. The van der Waals surface area contributed by atoms with E-state index in [1.54, 1.807) is 0 Å². The molecule has 1 unspecified atom stereocenters. The van der Waals surface area contributed by atoms with Crippen LogP contribution in [0.4, 0.5) is 4.79 Å². The van der Waals surface area contributed by atoms with Gasteiger partial charge >= 0.3 is 6.09 Å². The number of amides is 1. The minimum absolute atomic E-state index is 0.132. The molecule has 0 aromatic heterocycles. The smallest absolute Gasteiger partial charge is 0.404 e. The van der Waals surface area contributed by atoms with Gasteiger partial charge < -0.3 is 10.4 Å². The summed E-state index contributed by atoms with van der Waals surface area (Å²) in [7, 11) is 0. The van der Waals surface area contributed by atoms with Gasteiger partial charge in [0, 0.05) is 6.04 Å². The van der Waals surface area contributed by atoms with Crippen LogP contribution in [0.15, 0.2) is 0 Å². The Balaban J connectivity index is 3.77. The number of carbonyl (C=O) groups is 1. The molecule has 3 nitrogen and oxygen atoms in total. The first-order valence-electron chi connectivity index (χ1n) is 4.55. The van der Waals surface area contributed by atoms with Crippen LogP contribution >= 0.6 is 0 Å². The van der Waals surface area contributed by atoms with Gasteiger partial charge in [0.15, 0.2) is 0 Å². The molecule has 0 rings (SSSR count). The van der Waals surface area contributed by atoms with E-state index in [9.17, 15) is 4.79 Å². The summed E-state index contributed by atoms with van der Waals surface area (Å²) in [6.45, 7) is 6.27. The maximum atomic E-state index is 10.4. The predicted molar refractivity (Wildman–Crippen MR) is 49.3 cm³/mol. The molecule has 0 saturated heterocycles. The van der Waals surface area contributed by atoms with Crippen LogP contribution in [0.3, 0.4) is 0 Å². The van der Waals surface area contributed by atoms with E-state index in [0.29, 0.717) is 5.92 Å². The molecule has 0 aliphatic rings. The third-order valence-corrected chi connectivity index (χ3v) is 1.72. The minimum atomic E-state index is -0.908. The van der Waals surface area contributed by atoms with E-state index in [1.165, 1.54) is 0 Å². The highest BCUT2D eigenvalue weighted by Gasteiger charge is 2.11. The average molecular weight is 173 g/mol. The van der Waals surface area contributed by atoms with Gasteiger partial charge in [-0.2, -0.15) is 0 Å². The lowest BCUT2D eigenvalue weighted by atomic mass is 10.0. The largest absolute Gasteiger partial charge is 0.465 e. The van der Waals surface area contributed by atoms with Gasteiger partial charge in [-0.25, -0.2) is 4.79 Å². The Bertz CT molecular complexity index is 134. The number of rotatable bonds is 5. The van der Waals surface area contributed by atoms with Crippen LogP contribution in [0.5, 0.6) is 0 Å². The summed E-state index contributed by atoms with van der Waals surface area (Å²) in [6, 6.07) is 0.132. The Morgan fingerprint density at radius 3 is 2.42 bits per heavy atom. The van der Waals surface area contributed by atoms with E-state index in [-0.39, 0.29) is 6.04 Å². The van der Waals surface area contributed by atoms with Gasteiger partial charge in [-0.05, 0) is 18.8 Å². The first kappa shape index (κ1) is 11.3. The molecule has 0 aliphatic carbocycles. The van der Waals surface area contributed by atoms with E-state index < -0.39 is 6.09 Å². The van der Waals surface area contributed by atoms with Gasteiger partial charge in [-0.3, -0.25) is 0 Å². The second-order valence-corrected chi connectivity index (χ2v) is 3.56. The second-order valence-electron chi connectivity index (χ2n) is 3.56. The Morgan fingerprint density at radius 2 is 2.08 bits per heavy atom. The molecule has 2 N–H and O–H groups in total. The summed E-state index contributed by atoms with van der Waals surface area (Å²) in [5, 5.41) is 11.0. The van der Waals surface area contributed by atoms with Crippen molar-refractivity contribution in [2.24, 2.45) is 5.92 Å². The topological polar surface area (TPSA) is 49.3 Å². The molecule has 0 aromatic carbocycles. The minimum Gasteiger partial charge on any atom is -0.465 e. The van der Waals surface area contributed by atoms with Crippen molar-refractivity contribution in [2.75, 3.05) is 0 Å². The van der Waals surface area contributed by atoms with Crippen molar-refractivity contribution >= 4 is 6.09 Å². The first-order chi connectivity index (χ1) is 5.56. The highest BCUT2D eigenvalue weighted by molar-refractivity contribution is 5.64. The average Bonchev–Trinajstić information content (AvgIpc) is 1.84. The lowest BCUT2D eigenvalue weighted by Crippen LogP contribution is -2.34. The summed E-state index contributed by atoms with van der Waals surface area (Å²) < 4.78 is 0. The monoisotopic (exact) mass is 173 g/mol. The van der Waals surface area contributed by atoms with Crippen LogP contribution in [-0.2, 0) is 0 Å². The van der Waals surface area contributed by atoms with Gasteiger partial charge in [0.05, 0.1) is 0 Å². The number of nitrogens with one attached hydrogen (secondary N) is 1. The number of hydrogen-bond acceptors (Lipinski definition) is 1. The van der Waals surface area contributed by atoms with Crippen LogP contribution in [0.1, 0.15) is 40.0 Å². The van der Waals surface area contributed by atoms with Crippen LogP contribution < -0.4 is 5.32 Å². The molecule has 12 heavy (non-hydrogen) atoms. The van der Waals surface area contributed by atoms with Gasteiger partial charge in [0.25, 0.3) is 0 Å². The van der Waals surface area contributed by atoms with E-state index in [4.69, 9.17) is 5.11 Å². The van der Waals surface area contributed by atoms with E-state index in [0.717, 1.165) is 19.3 Å². The standard InChI is InChI=1S/C9H19NO2/c1-4-5-8(6-7(2)3)10-9(11)12/h7-8,10H,4-6H2,1-3H3,(H,11,12). The normalized spacial score (nSPS) is 13.0. The predicted octanol–water partition coefficient (Wildman–Crippen LogP) is 2.47. The fourth-order valence-electron chi connectivity index (χ4n) is 1.34. The van der Waals surface area contributed by atoms with Gasteiger partial charge in [-0.15, -0.1) is 0 Å². The van der Waals surface area contributed by atoms with Crippen molar-refractivity contribution in [2.45, 2.75) is 46.1 Å². The second kappa shape index (κ2) is 5.86. The highest BCUT2D eigenvalue weighted by Crippen LogP contribution is 2.09. The fraction of sp³-hybridized carbons (Fsp3) is 0.889. The van der Waals surface area contributed by atoms with Crippen LogP contribution in [0.25, 0.3) is 0 Å². The third-order valence-electron chi connectivity index (χ3n) is 1.72. The summed E-state index contributed by atoms with van der Waals surface area (Å²) in [6.07, 6.45) is 1.98. The highest BCUT2D eigenvalue weighted by atomic mass is 16.4. The molecular weight excluding hydrogens is 154 g/mol. The van der Waals surface area contributed by atoms with Crippen LogP contribution in [-0.4, -0.2) is 17.2 Å². The SMILES string of the molecule is CCCC(CC(C)C)NC(=O)O. The molecule has 0 radical (unpaired) electrons. The molecule has 3 heteroatoms. The lowest BCUT2D eigenvalue weighted by Gasteiger charge is -2.17. The molecule has 1 atom stereocenters. The molecule has 0 heterocycles. The molecule has 1 amide bonds. The maximum Gasteiger partial charge on any atom is 0.404 e. The van der Waals surface area contributed by atoms with Crippen molar-refractivity contribution in [3.63, 3.8) is 0 Å². The first-order valence-corrected chi connectivity index (χ1v) is 4.55. The molecule has 0 spiro atoms. The van der Waals surface area contributed by atoms with Crippen molar-refractivity contribution in [1.82, 2.24) is 5.32 Å². The van der Waals surface area contributed by atoms with Crippen molar-refractivity contribution < 1.29 is 9.90 Å². The summed E-state index contributed by atoms with van der Waals surface area (Å²) in [4.78, 5) is 10.4. The molecular formula is C9H19NO2. The number of hydrogen-bond donors (Lipinski definition) is 2. The number of carboxylic acid groups (broad SMARTS) is 1. The third kappa shape index (κ3) is 6.01. The molecule has 0 bridgehead atoms. The molecule has 72 valence electrons.